The van der Waals surface area contributed by atoms with Crippen LogP contribution in [0.25, 0.3) is 17.5 Å². The summed E-state index contributed by atoms with van der Waals surface area (Å²) < 4.78 is 17.5. The number of nitrogens with zero attached hydrogens (tertiary/aromatic N) is 5. The number of carbonyl (C=O) groups is 1. The van der Waals surface area contributed by atoms with Gasteiger partial charge in [0.2, 0.25) is 17.6 Å². The first-order chi connectivity index (χ1) is 18.9. The second-order valence-corrected chi connectivity index (χ2v) is 10.6. The Morgan fingerprint density at radius 3 is 2.79 bits per heavy atom. The molecule has 0 saturated carbocycles. The third-order valence-electron chi connectivity index (χ3n) is 7.63. The smallest absolute Gasteiger partial charge is 0.246 e. The highest BCUT2D eigenvalue weighted by Gasteiger charge is 2.37. The van der Waals surface area contributed by atoms with Gasteiger partial charge in [0.05, 0.1) is 17.2 Å². The molecule has 0 unspecified atom stereocenters. The molecule has 0 fully saturated rings. The standard InChI is InChI=1S/C29H30N6O4/c1-18-13-29(3,14-19(18)2)28-30-22(17-39-28)16-38-25-12-21-15-35(26(36)7-6-23-5-4-10-37-23)9-8-20(21)11-24(25)27-31-33-34-32-27/h4-7,10-12,17H,8-9,13-16H2,1-3H3,(H,31,32,33,34)/b7-6+. The Morgan fingerprint density at radius 1 is 1.21 bits per heavy atom. The molecule has 0 radical (unpaired) electrons. The van der Waals surface area contributed by atoms with Gasteiger partial charge < -0.3 is 18.5 Å². The monoisotopic (exact) mass is 526 g/mol. The van der Waals surface area contributed by atoms with E-state index in [1.54, 1.807) is 30.7 Å². The van der Waals surface area contributed by atoms with Gasteiger partial charge in [-0.25, -0.2) is 4.98 Å². The van der Waals surface area contributed by atoms with E-state index < -0.39 is 0 Å². The minimum absolute atomic E-state index is 0.0720. The summed E-state index contributed by atoms with van der Waals surface area (Å²) in [7, 11) is 0. The van der Waals surface area contributed by atoms with Gasteiger partial charge in [0.25, 0.3) is 0 Å². The molecule has 1 N–H and O–H groups in total. The van der Waals surface area contributed by atoms with E-state index in [0.717, 1.165) is 35.4 Å². The first-order valence-electron chi connectivity index (χ1n) is 13.0. The molecule has 1 aromatic carbocycles. The van der Waals surface area contributed by atoms with Gasteiger partial charge in [-0.15, -0.1) is 10.2 Å². The fourth-order valence-corrected chi connectivity index (χ4v) is 5.48. The summed E-state index contributed by atoms with van der Waals surface area (Å²) in [5, 5.41) is 14.6. The Labute approximate surface area is 225 Å². The summed E-state index contributed by atoms with van der Waals surface area (Å²) in [4.78, 5) is 19.4. The lowest BCUT2D eigenvalue weighted by atomic mass is 9.86. The van der Waals surface area contributed by atoms with Crippen LogP contribution in [0.15, 0.2) is 62.8 Å². The number of nitrogens with one attached hydrogen (secondary N) is 1. The van der Waals surface area contributed by atoms with E-state index >= 15 is 0 Å². The van der Waals surface area contributed by atoms with Gasteiger partial charge in [0.1, 0.15) is 30.1 Å². The number of aromatic amines is 1. The largest absolute Gasteiger partial charge is 0.486 e. The quantitative estimate of drug-likeness (QED) is 0.263. The van der Waals surface area contributed by atoms with Crippen molar-refractivity contribution in [3.63, 3.8) is 0 Å². The number of oxazole rings is 1. The van der Waals surface area contributed by atoms with Crippen LogP contribution in [0.1, 0.15) is 62.1 Å². The Bertz CT molecular complexity index is 1530. The first kappa shape index (κ1) is 24.8. The van der Waals surface area contributed by atoms with Gasteiger partial charge >= 0.3 is 0 Å². The molecule has 10 heteroatoms. The molecule has 1 aliphatic carbocycles. The lowest BCUT2D eigenvalue weighted by Crippen LogP contribution is -2.34. The van der Waals surface area contributed by atoms with Crippen LogP contribution >= 0.6 is 0 Å². The fourth-order valence-electron chi connectivity index (χ4n) is 5.48. The topological polar surface area (TPSA) is 123 Å². The molecule has 0 spiro atoms. The average molecular weight is 527 g/mol. The second kappa shape index (κ2) is 10.0. The van der Waals surface area contributed by atoms with Gasteiger partial charge in [-0.2, -0.15) is 5.21 Å². The maximum atomic E-state index is 12.8. The molecule has 6 rings (SSSR count). The van der Waals surface area contributed by atoms with Crippen molar-refractivity contribution < 1.29 is 18.4 Å². The van der Waals surface area contributed by atoms with Gasteiger partial charge in [-0.1, -0.05) is 18.1 Å². The number of benzene rings is 1. The van der Waals surface area contributed by atoms with Crippen LogP contribution in [-0.2, 0) is 29.8 Å². The van der Waals surface area contributed by atoms with Crippen LogP contribution in [-0.4, -0.2) is 43.0 Å². The van der Waals surface area contributed by atoms with E-state index in [1.807, 2.05) is 23.1 Å². The highest BCUT2D eigenvalue weighted by molar-refractivity contribution is 5.91. The first-order valence-corrected chi connectivity index (χ1v) is 13.0. The number of rotatable bonds is 7. The highest BCUT2D eigenvalue weighted by atomic mass is 16.5. The van der Waals surface area contributed by atoms with Gasteiger partial charge in [-0.05, 0) is 79.8 Å². The number of aromatic nitrogens is 5. The zero-order valence-electron chi connectivity index (χ0n) is 22.2. The van der Waals surface area contributed by atoms with Crippen molar-refractivity contribution in [3.05, 3.63) is 82.5 Å². The number of ether oxygens (including phenoxy) is 1. The Hall–Kier alpha value is -4.47. The Kier molecular flexibility index (Phi) is 6.38. The number of fused-ring (bicyclic) bond motifs is 1. The predicted octanol–water partition coefficient (Wildman–Crippen LogP) is 5.01. The fraction of sp³-hybridized carbons (Fsp3) is 0.345. The van der Waals surface area contributed by atoms with E-state index in [2.05, 4.69) is 41.4 Å². The third kappa shape index (κ3) is 5.01. The van der Waals surface area contributed by atoms with Crippen LogP contribution in [0.5, 0.6) is 5.75 Å². The zero-order valence-corrected chi connectivity index (χ0v) is 22.2. The van der Waals surface area contributed by atoms with E-state index in [4.69, 9.17) is 18.6 Å². The highest BCUT2D eigenvalue weighted by Crippen LogP contribution is 2.43. The number of hydrogen-bond acceptors (Lipinski definition) is 8. The summed E-state index contributed by atoms with van der Waals surface area (Å²) in [5.74, 6) is 2.35. The number of furan rings is 1. The molecular weight excluding hydrogens is 496 g/mol. The van der Waals surface area contributed by atoms with Crippen molar-refractivity contribution in [1.29, 1.82) is 0 Å². The van der Waals surface area contributed by atoms with Gasteiger partial charge in [0.15, 0.2) is 0 Å². The van der Waals surface area contributed by atoms with E-state index in [-0.39, 0.29) is 17.9 Å². The maximum Gasteiger partial charge on any atom is 0.246 e. The molecule has 10 nitrogen and oxygen atoms in total. The minimum Gasteiger partial charge on any atom is -0.486 e. The van der Waals surface area contributed by atoms with Crippen molar-refractivity contribution in [2.45, 2.75) is 58.6 Å². The number of H-pyrrole nitrogens is 1. The molecule has 39 heavy (non-hydrogen) atoms. The maximum absolute atomic E-state index is 12.8. The van der Waals surface area contributed by atoms with Crippen molar-refractivity contribution in [1.82, 2.24) is 30.5 Å². The third-order valence-corrected chi connectivity index (χ3v) is 7.63. The molecule has 0 atom stereocenters. The number of tetrazole rings is 1. The summed E-state index contributed by atoms with van der Waals surface area (Å²) in [6.45, 7) is 7.84. The summed E-state index contributed by atoms with van der Waals surface area (Å²) in [6.07, 6.45) is 9.07. The normalized spacial score (nSPS) is 16.7. The molecule has 0 saturated heterocycles. The molecule has 3 aromatic heterocycles. The molecule has 200 valence electrons. The lowest BCUT2D eigenvalue weighted by Gasteiger charge is -2.29. The summed E-state index contributed by atoms with van der Waals surface area (Å²) in [6, 6.07) is 7.59. The van der Waals surface area contributed by atoms with Crippen molar-refractivity contribution in [3.8, 4) is 17.1 Å². The number of carbonyl (C=O) groups excluding carboxylic acids is 1. The van der Waals surface area contributed by atoms with Gasteiger partial charge in [0, 0.05) is 19.2 Å². The van der Waals surface area contributed by atoms with Crippen molar-refractivity contribution in [2.75, 3.05) is 6.54 Å². The van der Waals surface area contributed by atoms with Crippen LogP contribution in [0.2, 0.25) is 0 Å². The molecule has 1 aliphatic heterocycles. The van der Waals surface area contributed by atoms with Crippen LogP contribution in [0, 0.1) is 0 Å². The number of amides is 1. The van der Waals surface area contributed by atoms with E-state index in [9.17, 15) is 4.79 Å². The van der Waals surface area contributed by atoms with E-state index in [1.165, 1.54) is 11.1 Å². The molecule has 1 amide bonds. The number of hydrogen-bond donors (Lipinski definition) is 1. The predicted molar refractivity (Wildman–Crippen MR) is 142 cm³/mol. The second-order valence-electron chi connectivity index (χ2n) is 10.6. The van der Waals surface area contributed by atoms with Gasteiger partial charge in [-0.3, -0.25) is 4.79 Å². The molecule has 4 heterocycles. The van der Waals surface area contributed by atoms with E-state index in [0.29, 0.717) is 42.5 Å². The molecule has 2 aliphatic rings. The lowest BCUT2D eigenvalue weighted by molar-refractivity contribution is -0.126. The number of allylic oxidation sites excluding steroid dienone is 2. The van der Waals surface area contributed by atoms with Crippen LogP contribution in [0.3, 0.4) is 0 Å². The summed E-state index contributed by atoms with van der Waals surface area (Å²) in [5.41, 5.74) is 6.26. The van der Waals surface area contributed by atoms with Crippen molar-refractivity contribution in [2.24, 2.45) is 0 Å². The zero-order chi connectivity index (χ0) is 27.0. The molecule has 4 aromatic rings. The average Bonchev–Trinajstić information content (AvgIpc) is 3.74. The SMILES string of the molecule is CC1=C(C)CC(C)(c2nc(COc3cc4c(cc3-c3nn[nH]n3)CCN(C(=O)/C=C/c3ccco3)C4)co2)C1. The minimum atomic E-state index is -0.130. The van der Waals surface area contributed by atoms with Crippen LogP contribution < -0.4 is 4.74 Å². The summed E-state index contributed by atoms with van der Waals surface area (Å²) >= 11 is 0. The molecule has 0 bridgehead atoms. The van der Waals surface area contributed by atoms with Crippen LogP contribution in [0.4, 0.5) is 0 Å². The Morgan fingerprint density at radius 2 is 2.05 bits per heavy atom. The van der Waals surface area contributed by atoms with Crippen molar-refractivity contribution >= 4 is 12.0 Å². The Balaban J connectivity index is 1.21. The molecular formula is C29H30N6O4.